The van der Waals surface area contributed by atoms with Gasteiger partial charge in [0.05, 0.1) is 15.9 Å². The van der Waals surface area contributed by atoms with Crippen LogP contribution in [0.5, 0.6) is 0 Å². The van der Waals surface area contributed by atoms with Gasteiger partial charge in [-0.2, -0.15) is 0 Å². The highest BCUT2D eigenvalue weighted by atomic mass is 35.5. The number of carbonyl (C=O) groups is 1. The zero-order valence-electron chi connectivity index (χ0n) is 16.0. The van der Waals surface area contributed by atoms with Crippen LogP contribution in [0.25, 0.3) is 0 Å². The molecule has 5 rings (SSSR count). The van der Waals surface area contributed by atoms with Crippen molar-refractivity contribution in [2.75, 3.05) is 13.1 Å². The molecule has 1 amide bonds. The lowest BCUT2D eigenvalue weighted by molar-refractivity contribution is -0.178. The quantitative estimate of drug-likeness (QED) is 0.608. The highest BCUT2D eigenvalue weighted by Crippen LogP contribution is 2.61. The van der Waals surface area contributed by atoms with Gasteiger partial charge in [0.1, 0.15) is 0 Å². The maximum atomic E-state index is 12.9. The molecule has 0 saturated heterocycles. The summed E-state index contributed by atoms with van der Waals surface area (Å²) in [5, 5.41) is 14.2. The Morgan fingerprint density at radius 1 is 1.21 bits per heavy atom. The van der Waals surface area contributed by atoms with Crippen molar-refractivity contribution in [3.05, 3.63) is 28.8 Å². The van der Waals surface area contributed by atoms with Crippen LogP contribution in [-0.4, -0.2) is 38.1 Å². The van der Waals surface area contributed by atoms with Crippen LogP contribution in [0.15, 0.2) is 23.1 Å². The number of aryl methyl sites for hydroxylation is 1. The second-order valence-electron chi connectivity index (χ2n) is 9.03. The van der Waals surface area contributed by atoms with E-state index in [1.807, 2.05) is 0 Å². The Morgan fingerprint density at radius 3 is 2.50 bits per heavy atom. The lowest BCUT2D eigenvalue weighted by Crippen LogP contribution is -2.60. The van der Waals surface area contributed by atoms with Crippen LogP contribution in [0.4, 0.5) is 0 Å². The first-order chi connectivity index (χ1) is 13.1. The normalized spacial score (nSPS) is 33.8. The molecule has 6 nitrogen and oxygen atoms in total. The largest absolute Gasteiger partial charge is 0.390 e. The number of nitrogens with one attached hydrogen (secondary N) is 2. The average molecular weight is 427 g/mol. The zero-order chi connectivity index (χ0) is 20.2. The first-order valence-electron chi connectivity index (χ1n) is 9.87. The molecule has 2 atom stereocenters. The molecule has 154 valence electrons. The van der Waals surface area contributed by atoms with E-state index in [4.69, 9.17) is 11.6 Å². The third-order valence-corrected chi connectivity index (χ3v) is 8.50. The van der Waals surface area contributed by atoms with E-state index in [-0.39, 0.29) is 23.9 Å². The lowest BCUT2D eigenvalue weighted by atomic mass is 9.47. The summed E-state index contributed by atoms with van der Waals surface area (Å²) >= 11 is 5.89. The SMILES string of the molecule is Cc1cc(Cl)ccc1S(=O)(=O)NCCNC(=O)C12CC3CC(CC(O)(C3)C1)C2. The fraction of sp³-hybridized carbons (Fsp3) is 0.650. The van der Waals surface area contributed by atoms with Crippen molar-refractivity contribution in [2.45, 2.75) is 55.9 Å². The Hall–Kier alpha value is -1.15. The van der Waals surface area contributed by atoms with Gasteiger partial charge in [0.2, 0.25) is 15.9 Å². The minimum absolute atomic E-state index is 0.0399. The Bertz CT molecular complexity index is 887. The highest BCUT2D eigenvalue weighted by molar-refractivity contribution is 7.89. The predicted molar refractivity (Wildman–Crippen MR) is 106 cm³/mol. The number of hydrogen-bond acceptors (Lipinski definition) is 4. The van der Waals surface area contributed by atoms with E-state index < -0.39 is 21.0 Å². The molecule has 0 radical (unpaired) electrons. The molecule has 4 aliphatic carbocycles. The molecule has 4 fully saturated rings. The van der Waals surface area contributed by atoms with Crippen LogP contribution < -0.4 is 10.0 Å². The molecule has 3 N–H and O–H groups in total. The van der Waals surface area contributed by atoms with Gasteiger partial charge in [0.15, 0.2) is 0 Å². The van der Waals surface area contributed by atoms with Crippen molar-refractivity contribution in [1.82, 2.24) is 10.0 Å². The van der Waals surface area contributed by atoms with Gasteiger partial charge in [-0.25, -0.2) is 13.1 Å². The molecule has 28 heavy (non-hydrogen) atoms. The van der Waals surface area contributed by atoms with Crippen LogP contribution in [0.1, 0.15) is 44.1 Å². The molecule has 2 unspecified atom stereocenters. The third kappa shape index (κ3) is 3.70. The molecule has 1 aromatic rings. The number of hydrogen-bond donors (Lipinski definition) is 3. The molecule has 8 heteroatoms. The lowest BCUT2D eigenvalue weighted by Gasteiger charge is -2.59. The van der Waals surface area contributed by atoms with Crippen molar-refractivity contribution in [1.29, 1.82) is 0 Å². The maximum absolute atomic E-state index is 12.9. The number of halogens is 1. The van der Waals surface area contributed by atoms with Gasteiger partial charge in [0, 0.05) is 18.1 Å². The van der Waals surface area contributed by atoms with Gasteiger partial charge in [-0.3, -0.25) is 4.79 Å². The maximum Gasteiger partial charge on any atom is 0.240 e. The number of rotatable bonds is 6. The summed E-state index contributed by atoms with van der Waals surface area (Å²) in [5.74, 6) is 0.827. The van der Waals surface area contributed by atoms with Crippen molar-refractivity contribution in [3.63, 3.8) is 0 Å². The van der Waals surface area contributed by atoms with E-state index >= 15 is 0 Å². The topological polar surface area (TPSA) is 95.5 Å². The van der Waals surface area contributed by atoms with Crippen molar-refractivity contribution < 1.29 is 18.3 Å². The monoisotopic (exact) mass is 426 g/mol. The van der Waals surface area contributed by atoms with Gasteiger partial charge in [-0.15, -0.1) is 0 Å². The summed E-state index contributed by atoms with van der Waals surface area (Å²) in [7, 11) is -3.66. The fourth-order valence-electron chi connectivity index (χ4n) is 6.02. The van der Waals surface area contributed by atoms with E-state index in [9.17, 15) is 18.3 Å². The Morgan fingerprint density at radius 2 is 1.89 bits per heavy atom. The van der Waals surface area contributed by atoms with E-state index in [2.05, 4.69) is 10.0 Å². The first kappa shape index (κ1) is 20.1. The molecular weight excluding hydrogens is 400 g/mol. The van der Waals surface area contributed by atoms with Crippen LogP contribution in [0.2, 0.25) is 5.02 Å². The smallest absolute Gasteiger partial charge is 0.240 e. The Balaban J connectivity index is 1.34. The van der Waals surface area contributed by atoms with Crippen molar-refractivity contribution in [3.8, 4) is 0 Å². The number of benzene rings is 1. The Labute approximate surface area is 171 Å². The van der Waals surface area contributed by atoms with Crippen molar-refractivity contribution >= 4 is 27.5 Å². The van der Waals surface area contributed by atoms with Gasteiger partial charge < -0.3 is 10.4 Å². The number of carbonyl (C=O) groups excluding carboxylic acids is 1. The Kier molecular flexibility index (Phi) is 5.01. The van der Waals surface area contributed by atoms with Crippen LogP contribution in [0.3, 0.4) is 0 Å². The fourth-order valence-corrected chi connectivity index (χ4v) is 7.50. The summed E-state index contributed by atoms with van der Waals surface area (Å²) < 4.78 is 27.5. The third-order valence-electron chi connectivity index (χ3n) is 6.64. The minimum atomic E-state index is -3.66. The van der Waals surface area contributed by atoms with E-state index in [0.29, 0.717) is 28.8 Å². The molecule has 4 saturated carbocycles. The first-order valence-corrected chi connectivity index (χ1v) is 11.7. The van der Waals surface area contributed by atoms with Crippen molar-refractivity contribution in [2.24, 2.45) is 17.3 Å². The summed E-state index contributed by atoms with van der Waals surface area (Å²) in [6.45, 7) is 2.03. The number of aliphatic hydroxyl groups is 1. The zero-order valence-corrected chi connectivity index (χ0v) is 17.6. The van der Waals surface area contributed by atoms with Gasteiger partial charge in [-0.1, -0.05) is 11.6 Å². The van der Waals surface area contributed by atoms with Gasteiger partial charge in [0.25, 0.3) is 0 Å². The molecule has 4 bridgehead atoms. The van der Waals surface area contributed by atoms with Crippen LogP contribution in [0, 0.1) is 24.2 Å². The molecule has 0 aliphatic heterocycles. The van der Waals surface area contributed by atoms with Crippen LogP contribution >= 0.6 is 11.6 Å². The van der Waals surface area contributed by atoms with E-state index in [1.54, 1.807) is 19.1 Å². The predicted octanol–water partition coefficient (Wildman–Crippen LogP) is 2.37. The van der Waals surface area contributed by atoms with Gasteiger partial charge >= 0.3 is 0 Å². The van der Waals surface area contributed by atoms with E-state index in [1.165, 1.54) is 6.07 Å². The number of amides is 1. The summed E-state index contributed by atoms with van der Waals surface area (Å²) in [5.41, 5.74) is -0.592. The second kappa shape index (κ2) is 6.97. The number of sulfonamides is 1. The molecule has 0 spiro atoms. The summed E-state index contributed by atoms with van der Waals surface area (Å²) in [6.07, 6.45) is 4.98. The molecule has 0 heterocycles. The summed E-state index contributed by atoms with van der Waals surface area (Å²) in [4.78, 5) is 13.1. The molecule has 1 aromatic carbocycles. The minimum Gasteiger partial charge on any atom is -0.390 e. The summed E-state index contributed by atoms with van der Waals surface area (Å²) in [6, 6.07) is 4.63. The highest BCUT2D eigenvalue weighted by Gasteiger charge is 2.60. The molecule has 0 aromatic heterocycles. The standard InChI is InChI=1S/C20H27ClN2O4S/c1-13-6-16(21)2-3-17(13)28(26,27)23-5-4-22-18(24)19-8-14-7-15(9-19)11-20(25,10-14)12-19/h2-3,6,14-15,23,25H,4-5,7-12H2,1H3,(H,22,24). The average Bonchev–Trinajstić information content (AvgIpc) is 2.56. The van der Waals surface area contributed by atoms with Gasteiger partial charge in [-0.05, 0) is 81.0 Å². The second-order valence-corrected chi connectivity index (χ2v) is 11.2. The molecular formula is C20H27ClN2O4S. The van der Waals surface area contributed by atoms with Crippen LogP contribution in [-0.2, 0) is 14.8 Å². The molecule has 4 aliphatic rings. The van der Waals surface area contributed by atoms with E-state index in [0.717, 1.165) is 32.1 Å².